The molecule has 0 bridgehead atoms. The van der Waals surface area contributed by atoms with Crippen LogP contribution in [-0.4, -0.2) is 34.0 Å². The number of aryl methyl sites for hydroxylation is 1. The zero-order valence-electron chi connectivity index (χ0n) is 11.2. The topological polar surface area (TPSA) is 57.6 Å². The van der Waals surface area contributed by atoms with E-state index in [9.17, 15) is 9.59 Å². The lowest BCUT2D eigenvalue weighted by Gasteiger charge is -2.34. The van der Waals surface area contributed by atoms with Gasteiger partial charge in [-0.05, 0) is 39.8 Å². The summed E-state index contributed by atoms with van der Waals surface area (Å²) in [6, 6.07) is 7.13. The van der Waals surface area contributed by atoms with E-state index in [1.54, 1.807) is 12.1 Å². The molecule has 0 aliphatic carbocycles. The Morgan fingerprint density at radius 3 is 2.06 bits per heavy atom. The molecule has 1 rings (SSSR count). The van der Waals surface area contributed by atoms with Crippen LogP contribution in [0.15, 0.2) is 24.3 Å². The van der Waals surface area contributed by atoms with Gasteiger partial charge in [-0.3, -0.25) is 9.59 Å². The summed E-state index contributed by atoms with van der Waals surface area (Å²) in [7, 11) is 0. The van der Waals surface area contributed by atoms with Crippen molar-refractivity contribution in [2.45, 2.75) is 33.2 Å². The van der Waals surface area contributed by atoms with Crippen LogP contribution in [0.3, 0.4) is 0 Å². The number of amides is 1. The zero-order chi connectivity index (χ0) is 13.9. The number of carbonyl (C=O) groups excluding carboxylic acids is 1. The van der Waals surface area contributed by atoms with Gasteiger partial charge in [0.15, 0.2) is 0 Å². The third-order valence-electron chi connectivity index (χ3n) is 2.65. The van der Waals surface area contributed by atoms with Crippen LogP contribution in [0.25, 0.3) is 0 Å². The maximum absolute atomic E-state index is 12.3. The Labute approximate surface area is 107 Å². The van der Waals surface area contributed by atoms with Gasteiger partial charge in [0, 0.05) is 11.1 Å². The molecule has 18 heavy (non-hydrogen) atoms. The quantitative estimate of drug-likeness (QED) is 0.894. The molecular weight excluding hydrogens is 230 g/mol. The van der Waals surface area contributed by atoms with Gasteiger partial charge in [0.1, 0.15) is 6.54 Å². The molecule has 1 aromatic rings. The molecule has 4 nitrogen and oxygen atoms in total. The lowest BCUT2D eigenvalue weighted by atomic mass is 10.0. The highest BCUT2D eigenvalue weighted by atomic mass is 16.4. The number of aliphatic carboxylic acids is 1. The molecule has 0 spiro atoms. The highest BCUT2D eigenvalue weighted by Crippen LogP contribution is 2.17. The largest absolute Gasteiger partial charge is 0.480 e. The van der Waals surface area contributed by atoms with Crippen LogP contribution in [0.1, 0.15) is 36.7 Å². The Kier molecular flexibility index (Phi) is 4.11. The fourth-order valence-corrected chi connectivity index (χ4v) is 1.60. The van der Waals surface area contributed by atoms with E-state index >= 15 is 0 Å². The first-order valence-corrected chi connectivity index (χ1v) is 5.82. The van der Waals surface area contributed by atoms with Crippen LogP contribution in [0, 0.1) is 6.92 Å². The minimum atomic E-state index is -1.01. The summed E-state index contributed by atoms with van der Waals surface area (Å²) in [6.45, 7) is 7.11. The van der Waals surface area contributed by atoms with Crippen LogP contribution in [0.4, 0.5) is 0 Å². The Morgan fingerprint density at radius 1 is 1.17 bits per heavy atom. The second-order valence-electron chi connectivity index (χ2n) is 5.32. The van der Waals surface area contributed by atoms with Crippen molar-refractivity contribution in [3.63, 3.8) is 0 Å². The number of nitrogens with zero attached hydrogens (tertiary/aromatic N) is 1. The maximum Gasteiger partial charge on any atom is 0.323 e. The molecule has 4 heteroatoms. The van der Waals surface area contributed by atoms with Crippen molar-refractivity contribution in [3.05, 3.63) is 35.4 Å². The second kappa shape index (κ2) is 5.21. The minimum absolute atomic E-state index is 0.259. The molecule has 1 N–H and O–H groups in total. The van der Waals surface area contributed by atoms with Crippen molar-refractivity contribution >= 4 is 11.9 Å². The number of hydrogen-bond donors (Lipinski definition) is 1. The molecule has 0 aliphatic rings. The normalized spacial score (nSPS) is 11.1. The Morgan fingerprint density at radius 2 is 1.67 bits per heavy atom. The van der Waals surface area contributed by atoms with E-state index in [2.05, 4.69) is 0 Å². The molecule has 0 saturated carbocycles. The first-order valence-electron chi connectivity index (χ1n) is 5.82. The van der Waals surface area contributed by atoms with Crippen LogP contribution < -0.4 is 0 Å². The Bertz CT molecular complexity index is 443. The highest BCUT2D eigenvalue weighted by molar-refractivity contribution is 5.96. The summed E-state index contributed by atoms with van der Waals surface area (Å²) >= 11 is 0. The second-order valence-corrected chi connectivity index (χ2v) is 5.32. The van der Waals surface area contributed by atoms with Crippen LogP contribution in [0.2, 0.25) is 0 Å². The number of rotatable bonds is 3. The van der Waals surface area contributed by atoms with Gasteiger partial charge in [-0.15, -0.1) is 0 Å². The molecular formula is C14H19NO3. The fourth-order valence-electron chi connectivity index (χ4n) is 1.60. The molecule has 1 aromatic carbocycles. The van der Waals surface area contributed by atoms with Gasteiger partial charge in [0.25, 0.3) is 5.91 Å². The van der Waals surface area contributed by atoms with E-state index in [-0.39, 0.29) is 12.5 Å². The number of benzene rings is 1. The van der Waals surface area contributed by atoms with E-state index in [1.165, 1.54) is 4.90 Å². The number of carboxylic acids is 1. The first-order chi connectivity index (χ1) is 8.21. The van der Waals surface area contributed by atoms with Gasteiger partial charge in [-0.2, -0.15) is 0 Å². The molecule has 0 unspecified atom stereocenters. The molecule has 0 heterocycles. The summed E-state index contributed by atoms with van der Waals surface area (Å²) < 4.78 is 0. The summed E-state index contributed by atoms with van der Waals surface area (Å²) in [5.74, 6) is -1.27. The van der Waals surface area contributed by atoms with Gasteiger partial charge in [-0.25, -0.2) is 0 Å². The molecule has 0 atom stereocenters. The molecule has 0 aliphatic heterocycles. The third-order valence-corrected chi connectivity index (χ3v) is 2.65. The van der Waals surface area contributed by atoms with Gasteiger partial charge in [0.05, 0.1) is 0 Å². The summed E-state index contributed by atoms with van der Waals surface area (Å²) in [4.78, 5) is 24.5. The van der Waals surface area contributed by atoms with Crippen molar-refractivity contribution in [2.75, 3.05) is 6.54 Å². The molecule has 0 saturated heterocycles. The molecule has 0 aromatic heterocycles. The van der Waals surface area contributed by atoms with Gasteiger partial charge >= 0.3 is 5.97 Å². The maximum atomic E-state index is 12.3. The van der Waals surface area contributed by atoms with Crippen molar-refractivity contribution in [1.29, 1.82) is 0 Å². The third kappa shape index (κ3) is 3.58. The Balaban J connectivity index is 3.02. The standard InChI is InChI=1S/C14H19NO3/c1-10-5-7-11(8-6-10)13(18)15(9-12(16)17)14(2,3)4/h5-8H,9H2,1-4H3,(H,16,17). The number of hydrogen-bond acceptors (Lipinski definition) is 2. The molecule has 1 amide bonds. The van der Waals surface area contributed by atoms with Crippen molar-refractivity contribution in [3.8, 4) is 0 Å². The predicted molar refractivity (Wildman–Crippen MR) is 69.6 cm³/mol. The highest BCUT2D eigenvalue weighted by Gasteiger charge is 2.29. The monoisotopic (exact) mass is 249 g/mol. The van der Waals surface area contributed by atoms with E-state index in [4.69, 9.17) is 5.11 Å². The number of carbonyl (C=O) groups is 2. The SMILES string of the molecule is Cc1ccc(C(=O)N(CC(=O)O)C(C)(C)C)cc1. The van der Waals surface area contributed by atoms with Crippen LogP contribution >= 0.6 is 0 Å². The fraction of sp³-hybridized carbons (Fsp3) is 0.429. The Hall–Kier alpha value is -1.84. The van der Waals surface area contributed by atoms with Gasteiger partial charge in [-0.1, -0.05) is 17.7 Å². The van der Waals surface area contributed by atoms with Gasteiger partial charge in [0.2, 0.25) is 0 Å². The predicted octanol–water partition coefficient (Wildman–Crippen LogP) is 2.32. The lowest BCUT2D eigenvalue weighted by molar-refractivity contribution is -0.138. The lowest BCUT2D eigenvalue weighted by Crippen LogP contribution is -2.48. The zero-order valence-corrected chi connectivity index (χ0v) is 11.2. The van der Waals surface area contributed by atoms with E-state index in [0.29, 0.717) is 5.56 Å². The average molecular weight is 249 g/mol. The van der Waals surface area contributed by atoms with Gasteiger partial charge < -0.3 is 10.0 Å². The van der Waals surface area contributed by atoms with Crippen LogP contribution in [0.5, 0.6) is 0 Å². The summed E-state index contributed by atoms with van der Waals surface area (Å²) in [5.41, 5.74) is 1.05. The average Bonchev–Trinajstić information content (AvgIpc) is 2.24. The van der Waals surface area contributed by atoms with E-state index in [1.807, 2.05) is 39.8 Å². The first kappa shape index (κ1) is 14.2. The molecule has 0 radical (unpaired) electrons. The van der Waals surface area contributed by atoms with Crippen LogP contribution in [-0.2, 0) is 4.79 Å². The van der Waals surface area contributed by atoms with E-state index < -0.39 is 11.5 Å². The van der Waals surface area contributed by atoms with E-state index in [0.717, 1.165) is 5.56 Å². The molecule has 98 valence electrons. The van der Waals surface area contributed by atoms with Crippen molar-refractivity contribution in [1.82, 2.24) is 4.90 Å². The number of carboxylic acid groups (broad SMARTS) is 1. The smallest absolute Gasteiger partial charge is 0.323 e. The summed E-state index contributed by atoms with van der Waals surface area (Å²) in [5, 5.41) is 8.89. The minimum Gasteiger partial charge on any atom is -0.480 e. The summed E-state index contributed by atoms with van der Waals surface area (Å²) in [6.07, 6.45) is 0. The van der Waals surface area contributed by atoms with Crippen molar-refractivity contribution < 1.29 is 14.7 Å². The molecule has 0 fully saturated rings. The van der Waals surface area contributed by atoms with Crippen molar-refractivity contribution in [2.24, 2.45) is 0 Å².